The van der Waals surface area contributed by atoms with E-state index < -0.39 is 9.84 Å². The van der Waals surface area contributed by atoms with E-state index in [-0.39, 0.29) is 0 Å². The maximum atomic E-state index is 11.4. The zero-order valence-electron chi connectivity index (χ0n) is 10.8. The highest BCUT2D eigenvalue weighted by Gasteiger charge is 2.07. The number of benzene rings is 1. The van der Waals surface area contributed by atoms with Crippen molar-refractivity contribution < 1.29 is 8.42 Å². The molecule has 2 heterocycles. The van der Waals surface area contributed by atoms with Gasteiger partial charge in [0.05, 0.1) is 10.6 Å². The second-order valence-electron chi connectivity index (χ2n) is 4.50. The summed E-state index contributed by atoms with van der Waals surface area (Å²) in [6, 6.07) is 10.5. The van der Waals surface area contributed by atoms with Gasteiger partial charge in [0, 0.05) is 30.5 Å². The number of sulfone groups is 1. The van der Waals surface area contributed by atoms with Gasteiger partial charge >= 0.3 is 0 Å². The Labute approximate surface area is 116 Å². The Morgan fingerprint density at radius 3 is 2.55 bits per heavy atom. The highest BCUT2D eigenvalue weighted by Crippen LogP contribution is 2.21. The number of pyridine rings is 1. The SMILES string of the molecule is CS(=O)(=O)c1ccc(Nc2cccn3ccnc23)cc1. The van der Waals surface area contributed by atoms with Gasteiger partial charge in [-0.2, -0.15) is 0 Å². The highest BCUT2D eigenvalue weighted by atomic mass is 32.2. The summed E-state index contributed by atoms with van der Waals surface area (Å²) in [5.41, 5.74) is 2.50. The number of nitrogens with one attached hydrogen (secondary N) is 1. The van der Waals surface area contributed by atoms with Crippen LogP contribution in [-0.2, 0) is 9.84 Å². The fourth-order valence-corrected chi connectivity index (χ4v) is 2.62. The minimum Gasteiger partial charge on any atom is -0.352 e. The third-order valence-corrected chi connectivity index (χ3v) is 4.11. The maximum absolute atomic E-state index is 11.4. The lowest BCUT2D eigenvalue weighted by molar-refractivity contribution is 0.602. The van der Waals surface area contributed by atoms with Crippen LogP contribution in [0.1, 0.15) is 0 Å². The molecular weight excluding hydrogens is 274 g/mol. The van der Waals surface area contributed by atoms with Crippen LogP contribution < -0.4 is 5.32 Å². The van der Waals surface area contributed by atoms with E-state index in [1.54, 1.807) is 30.5 Å². The predicted octanol–water partition coefficient (Wildman–Crippen LogP) is 2.48. The van der Waals surface area contributed by atoms with E-state index in [0.717, 1.165) is 17.0 Å². The van der Waals surface area contributed by atoms with Crippen molar-refractivity contribution in [3.05, 3.63) is 55.0 Å². The number of nitrogens with zero attached hydrogens (tertiary/aromatic N) is 2. The van der Waals surface area contributed by atoms with Crippen molar-refractivity contribution in [1.82, 2.24) is 9.38 Å². The number of aromatic nitrogens is 2. The Bertz CT molecular complexity index is 852. The Morgan fingerprint density at radius 2 is 1.85 bits per heavy atom. The summed E-state index contributed by atoms with van der Waals surface area (Å²) in [6.45, 7) is 0. The maximum Gasteiger partial charge on any atom is 0.175 e. The molecule has 3 rings (SSSR count). The lowest BCUT2D eigenvalue weighted by atomic mass is 10.3. The number of imidazole rings is 1. The Hall–Kier alpha value is -2.34. The van der Waals surface area contributed by atoms with Gasteiger partial charge in [0.1, 0.15) is 0 Å². The van der Waals surface area contributed by atoms with Crippen LogP contribution in [0.4, 0.5) is 11.4 Å². The molecule has 20 heavy (non-hydrogen) atoms. The molecule has 6 heteroatoms. The van der Waals surface area contributed by atoms with Gasteiger partial charge in [0.25, 0.3) is 0 Å². The first-order valence-electron chi connectivity index (χ1n) is 6.03. The Morgan fingerprint density at radius 1 is 1.10 bits per heavy atom. The Kier molecular flexibility index (Phi) is 2.94. The van der Waals surface area contributed by atoms with Crippen LogP contribution in [0, 0.1) is 0 Å². The second kappa shape index (κ2) is 4.64. The van der Waals surface area contributed by atoms with Gasteiger partial charge in [-0.25, -0.2) is 13.4 Å². The van der Waals surface area contributed by atoms with Crippen molar-refractivity contribution in [3.8, 4) is 0 Å². The Balaban J connectivity index is 1.93. The van der Waals surface area contributed by atoms with Crippen molar-refractivity contribution in [3.63, 3.8) is 0 Å². The molecular formula is C14H13N3O2S. The third-order valence-electron chi connectivity index (χ3n) is 2.98. The number of rotatable bonds is 3. The minimum atomic E-state index is -3.16. The summed E-state index contributed by atoms with van der Waals surface area (Å²) in [5.74, 6) is 0. The first kappa shape index (κ1) is 12.7. The normalized spacial score (nSPS) is 11.7. The number of hydrogen-bond donors (Lipinski definition) is 1. The van der Waals surface area contributed by atoms with E-state index in [4.69, 9.17) is 0 Å². The fourth-order valence-electron chi connectivity index (χ4n) is 1.99. The van der Waals surface area contributed by atoms with Crippen LogP contribution in [0.2, 0.25) is 0 Å². The molecule has 3 aromatic rings. The number of fused-ring (bicyclic) bond motifs is 1. The lowest BCUT2D eigenvalue weighted by Crippen LogP contribution is -1.98. The van der Waals surface area contributed by atoms with Gasteiger partial charge in [0.15, 0.2) is 15.5 Å². The molecule has 0 amide bonds. The summed E-state index contributed by atoms with van der Waals surface area (Å²) >= 11 is 0. The molecule has 102 valence electrons. The zero-order chi connectivity index (χ0) is 14.2. The predicted molar refractivity (Wildman–Crippen MR) is 78.0 cm³/mol. The van der Waals surface area contributed by atoms with E-state index in [9.17, 15) is 8.42 Å². The number of anilines is 2. The van der Waals surface area contributed by atoms with Gasteiger partial charge in [0.2, 0.25) is 0 Å². The van der Waals surface area contributed by atoms with Crippen molar-refractivity contribution in [1.29, 1.82) is 0 Å². The molecule has 1 N–H and O–H groups in total. The molecule has 5 nitrogen and oxygen atoms in total. The summed E-state index contributed by atoms with van der Waals surface area (Å²) in [6.07, 6.45) is 6.71. The summed E-state index contributed by atoms with van der Waals surface area (Å²) in [7, 11) is -3.16. The lowest BCUT2D eigenvalue weighted by Gasteiger charge is -2.08. The van der Waals surface area contributed by atoms with Crippen molar-refractivity contribution in [2.45, 2.75) is 4.90 Å². The minimum absolute atomic E-state index is 0.307. The average molecular weight is 287 g/mol. The van der Waals surface area contributed by atoms with E-state index in [1.807, 2.05) is 28.9 Å². The summed E-state index contributed by atoms with van der Waals surface area (Å²) < 4.78 is 24.7. The van der Waals surface area contributed by atoms with Gasteiger partial charge in [-0.15, -0.1) is 0 Å². The first-order valence-corrected chi connectivity index (χ1v) is 7.92. The fraction of sp³-hybridized carbons (Fsp3) is 0.0714. The van der Waals surface area contributed by atoms with E-state index in [1.165, 1.54) is 6.26 Å². The van der Waals surface area contributed by atoms with E-state index in [0.29, 0.717) is 4.90 Å². The molecule has 0 saturated carbocycles. The molecule has 0 radical (unpaired) electrons. The van der Waals surface area contributed by atoms with Crippen molar-refractivity contribution >= 4 is 26.9 Å². The van der Waals surface area contributed by atoms with Crippen molar-refractivity contribution in [2.75, 3.05) is 11.6 Å². The van der Waals surface area contributed by atoms with Crippen LogP contribution in [0.15, 0.2) is 59.9 Å². The van der Waals surface area contributed by atoms with Crippen LogP contribution in [0.25, 0.3) is 5.65 Å². The van der Waals surface area contributed by atoms with Gasteiger partial charge in [-0.1, -0.05) is 0 Å². The van der Waals surface area contributed by atoms with Gasteiger partial charge in [-0.3, -0.25) is 0 Å². The smallest absolute Gasteiger partial charge is 0.175 e. The van der Waals surface area contributed by atoms with E-state index >= 15 is 0 Å². The summed E-state index contributed by atoms with van der Waals surface area (Å²) in [5, 5.41) is 3.23. The van der Waals surface area contributed by atoms with Crippen LogP contribution in [0.5, 0.6) is 0 Å². The summed E-state index contributed by atoms with van der Waals surface area (Å²) in [4.78, 5) is 4.58. The molecule has 0 spiro atoms. The topological polar surface area (TPSA) is 63.5 Å². The van der Waals surface area contributed by atoms with Crippen molar-refractivity contribution in [2.24, 2.45) is 0 Å². The molecule has 0 aliphatic carbocycles. The van der Waals surface area contributed by atoms with Gasteiger partial charge < -0.3 is 9.72 Å². The van der Waals surface area contributed by atoms with Crippen LogP contribution >= 0.6 is 0 Å². The average Bonchev–Trinajstić information content (AvgIpc) is 2.88. The third kappa shape index (κ3) is 2.37. The van der Waals surface area contributed by atoms with Crippen LogP contribution in [0.3, 0.4) is 0 Å². The molecule has 0 fully saturated rings. The molecule has 0 saturated heterocycles. The molecule has 1 aromatic carbocycles. The molecule has 0 unspecified atom stereocenters. The molecule has 2 aromatic heterocycles. The standard InChI is InChI=1S/C14H13N3O2S/c1-20(18,19)12-6-4-11(5-7-12)16-13-3-2-9-17-10-8-15-14(13)17/h2-10,16H,1H3. The zero-order valence-corrected chi connectivity index (χ0v) is 11.6. The molecule has 0 aliphatic rings. The quantitative estimate of drug-likeness (QED) is 0.804. The molecule has 0 atom stereocenters. The van der Waals surface area contributed by atoms with Crippen LogP contribution in [-0.4, -0.2) is 24.1 Å². The largest absolute Gasteiger partial charge is 0.352 e. The van der Waals surface area contributed by atoms with E-state index in [2.05, 4.69) is 10.3 Å². The monoisotopic (exact) mass is 287 g/mol. The first-order chi connectivity index (χ1) is 9.54. The van der Waals surface area contributed by atoms with Gasteiger partial charge in [-0.05, 0) is 36.4 Å². The number of hydrogen-bond acceptors (Lipinski definition) is 4. The molecule has 0 bridgehead atoms. The molecule has 0 aliphatic heterocycles. The second-order valence-corrected chi connectivity index (χ2v) is 6.52. The highest BCUT2D eigenvalue weighted by molar-refractivity contribution is 7.90.